The summed E-state index contributed by atoms with van der Waals surface area (Å²) in [6, 6.07) is 32.1. The highest BCUT2D eigenvalue weighted by Gasteiger charge is 2.18. The molecule has 30 heavy (non-hydrogen) atoms. The molecule has 0 spiro atoms. The Kier molecular flexibility index (Phi) is 3.74. The van der Waals surface area contributed by atoms with Crippen molar-refractivity contribution in [1.29, 1.82) is 0 Å². The molecule has 0 aliphatic heterocycles. The fourth-order valence-corrected chi connectivity index (χ4v) is 3.89. The normalized spacial score (nSPS) is 11.3. The van der Waals surface area contributed by atoms with Gasteiger partial charge in [0.1, 0.15) is 11.2 Å². The number of furan rings is 1. The largest absolute Gasteiger partial charge is 0.455 e. The topological polar surface area (TPSA) is 52.1 Å². The summed E-state index contributed by atoms with van der Waals surface area (Å²) < 4.78 is 12.3. The second kappa shape index (κ2) is 6.71. The van der Waals surface area contributed by atoms with Crippen molar-refractivity contribution < 1.29 is 8.83 Å². The van der Waals surface area contributed by atoms with Crippen LogP contribution >= 0.6 is 0 Å². The summed E-state index contributed by atoms with van der Waals surface area (Å²) in [6.07, 6.45) is 0. The number of rotatable bonds is 3. The molecule has 0 amide bonds. The lowest BCUT2D eigenvalue weighted by molar-refractivity contribution is 0.585. The lowest BCUT2D eigenvalue weighted by atomic mass is 9.97. The van der Waals surface area contributed by atoms with Gasteiger partial charge in [-0.05, 0) is 29.8 Å². The summed E-state index contributed by atoms with van der Waals surface area (Å²) in [5.41, 5.74) is 5.49. The maximum absolute atomic E-state index is 6.24. The summed E-state index contributed by atoms with van der Waals surface area (Å²) in [7, 11) is 0. The van der Waals surface area contributed by atoms with Crippen LogP contribution in [0.3, 0.4) is 0 Å². The van der Waals surface area contributed by atoms with Crippen LogP contribution < -0.4 is 0 Å². The second-order valence-electron chi connectivity index (χ2n) is 7.10. The van der Waals surface area contributed by atoms with Crippen molar-refractivity contribution in [3.8, 4) is 34.0 Å². The van der Waals surface area contributed by atoms with Crippen molar-refractivity contribution in [2.75, 3.05) is 0 Å². The molecular formula is C26H16N2O2. The lowest BCUT2D eigenvalue weighted by Crippen LogP contribution is -1.86. The highest BCUT2D eigenvalue weighted by molar-refractivity contribution is 6.10. The third kappa shape index (κ3) is 2.62. The summed E-state index contributed by atoms with van der Waals surface area (Å²) in [5.74, 6) is 0.986. The molecule has 0 aliphatic rings. The van der Waals surface area contributed by atoms with Crippen LogP contribution in [0.4, 0.5) is 0 Å². The maximum Gasteiger partial charge on any atom is 0.248 e. The van der Waals surface area contributed by atoms with Gasteiger partial charge in [-0.1, -0.05) is 72.8 Å². The van der Waals surface area contributed by atoms with Gasteiger partial charge < -0.3 is 8.83 Å². The van der Waals surface area contributed by atoms with Crippen molar-refractivity contribution in [3.05, 3.63) is 97.1 Å². The van der Waals surface area contributed by atoms with Gasteiger partial charge in [0.15, 0.2) is 0 Å². The van der Waals surface area contributed by atoms with Gasteiger partial charge >= 0.3 is 0 Å². The molecule has 2 heterocycles. The quantitative estimate of drug-likeness (QED) is 0.328. The Morgan fingerprint density at radius 1 is 0.467 bits per heavy atom. The van der Waals surface area contributed by atoms with Gasteiger partial charge in [0.05, 0.1) is 0 Å². The number of hydrogen-bond donors (Lipinski definition) is 0. The zero-order valence-electron chi connectivity index (χ0n) is 15.9. The van der Waals surface area contributed by atoms with Crippen molar-refractivity contribution in [2.24, 2.45) is 0 Å². The molecule has 2 aromatic heterocycles. The van der Waals surface area contributed by atoms with Crippen LogP contribution in [-0.4, -0.2) is 10.2 Å². The Morgan fingerprint density at radius 2 is 1.13 bits per heavy atom. The molecule has 0 N–H and O–H groups in total. The van der Waals surface area contributed by atoms with Crippen molar-refractivity contribution in [1.82, 2.24) is 10.2 Å². The highest BCUT2D eigenvalue weighted by Crippen LogP contribution is 2.39. The van der Waals surface area contributed by atoms with Gasteiger partial charge in [-0.2, -0.15) is 0 Å². The third-order valence-corrected chi connectivity index (χ3v) is 5.30. The molecule has 0 bridgehead atoms. The zero-order valence-corrected chi connectivity index (χ0v) is 15.9. The highest BCUT2D eigenvalue weighted by atomic mass is 16.4. The molecule has 142 valence electrons. The summed E-state index contributed by atoms with van der Waals surface area (Å²) >= 11 is 0. The first-order valence-corrected chi connectivity index (χ1v) is 9.77. The molecule has 6 rings (SSSR count). The number of aromatic nitrogens is 2. The van der Waals surface area contributed by atoms with E-state index >= 15 is 0 Å². The fourth-order valence-electron chi connectivity index (χ4n) is 3.89. The van der Waals surface area contributed by atoms with Crippen LogP contribution in [0.15, 0.2) is 106 Å². The van der Waals surface area contributed by atoms with E-state index in [0.717, 1.165) is 44.2 Å². The number of para-hydroxylation sites is 2. The number of fused-ring (bicyclic) bond motifs is 3. The minimum absolute atomic E-state index is 0.484. The molecule has 6 aromatic rings. The summed E-state index contributed by atoms with van der Waals surface area (Å²) in [6.45, 7) is 0. The van der Waals surface area contributed by atoms with Gasteiger partial charge in [0, 0.05) is 27.5 Å². The van der Waals surface area contributed by atoms with E-state index in [1.807, 2.05) is 66.7 Å². The average molecular weight is 388 g/mol. The Labute approximate surface area is 172 Å². The molecule has 0 atom stereocenters. The van der Waals surface area contributed by atoms with E-state index < -0.39 is 0 Å². The van der Waals surface area contributed by atoms with Crippen molar-refractivity contribution in [2.45, 2.75) is 0 Å². The molecule has 4 heteroatoms. The third-order valence-electron chi connectivity index (χ3n) is 5.30. The maximum atomic E-state index is 6.24. The van der Waals surface area contributed by atoms with Crippen LogP contribution in [0.25, 0.3) is 56.0 Å². The van der Waals surface area contributed by atoms with Crippen LogP contribution in [0.5, 0.6) is 0 Å². The van der Waals surface area contributed by atoms with Crippen LogP contribution in [0.2, 0.25) is 0 Å². The van der Waals surface area contributed by atoms with Crippen LogP contribution in [0, 0.1) is 0 Å². The molecular weight excluding hydrogens is 372 g/mol. The Hall–Kier alpha value is -4.18. The van der Waals surface area contributed by atoms with Gasteiger partial charge in [0.25, 0.3) is 0 Å². The van der Waals surface area contributed by atoms with E-state index in [2.05, 4.69) is 40.5 Å². The molecule has 4 aromatic carbocycles. The summed E-state index contributed by atoms with van der Waals surface area (Å²) in [5, 5.41) is 10.8. The van der Waals surface area contributed by atoms with E-state index in [0.29, 0.717) is 11.8 Å². The molecule has 0 fully saturated rings. The first-order chi connectivity index (χ1) is 14.9. The number of benzene rings is 4. The van der Waals surface area contributed by atoms with Gasteiger partial charge in [-0.3, -0.25) is 0 Å². The van der Waals surface area contributed by atoms with Crippen molar-refractivity contribution in [3.63, 3.8) is 0 Å². The van der Waals surface area contributed by atoms with Gasteiger partial charge in [0.2, 0.25) is 11.8 Å². The van der Waals surface area contributed by atoms with E-state index in [1.165, 1.54) is 0 Å². The molecule has 0 aliphatic carbocycles. The molecule has 4 nitrogen and oxygen atoms in total. The molecule has 0 unspecified atom stereocenters. The SMILES string of the molecule is c1ccc(-c2nnc(-c3ccccc3-c3cccc4c3oc3ccccc34)o2)cc1. The monoisotopic (exact) mass is 388 g/mol. The van der Waals surface area contributed by atoms with E-state index in [4.69, 9.17) is 8.83 Å². The molecule has 0 saturated heterocycles. The number of nitrogens with zero attached hydrogens (tertiary/aromatic N) is 2. The number of hydrogen-bond acceptors (Lipinski definition) is 4. The minimum atomic E-state index is 0.484. The summed E-state index contributed by atoms with van der Waals surface area (Å²) in [4.78, 5) is 0. The average Bonchev–Trinajstić information content (AvgIpc) is 3.45. The minimum Gasteiger partial charge on any atom is -0.455 e. The van der Waals surface area contributed by atoms with E-state index in [1.54, 1.807) is 0 Å². The van der Waals surface area contributed by atoms with E-state index in [9.17, 15) is 0 Å². The molecule has 0 radical (unpaired) electrons. The molecule has 0 saturated carbocycles. The van der Waals surface area contributed by atoms with Gasteiger partial charge in [-0.25, -0.2) is 0 Å². The Bertz CT molecular complexity index is 1500. The van der Waals surface area contributed by atoms with Crippen LogP contribution in [0.1, 0.15) is 0 Å². The zero-order chi connectivity index (χ0) is 19.9. The van der Waals surface area contributed by atoms with E-state index in [-0.39, 0.29) is 0 Å². The predicted molar refractivity (Wildman–Crippen MR) is 118 cm³/mol. The standard InChI is InChI=1S/C26H16N2O2/c1-2-9-17(10-3-1)25-27-28-26(30-25)22-13-5-4-11-18(22)20-14-8-15-21-19-12-6-7-16-23(19)29-24(20)21/h1-16H. The first-order valence-electron chi connectivity index (χ1n) is 9.77. The Balaban J connectivity index is 1.54. The fraction of sp³-hybridized carbons (Fsp3) is 0. The van der Waals surface area contributed by atoms with Gasteiger partial charge in [-0.15, -0.1) is 10.2 Å². The predicted octanol–water partition coefficient (Wildman–Crippen LogP) is 6.97. The van der Waals surface area contributed by atoms with Crippen LogP contribution in [-0.2, 0) is 0 Å². The Morgan fingerprint density at radius 3 is 2.03 bits per heavy atom. The smallest absolute Gasteiger partial charge is 0.248 e. The second-order valence-corrected chi connectivity index (χ2v) is 7.10. The first kappa shape index (κ1) is 16.7. The van der Waals surface area contributed by atoms with Crippen molar-refractivity contribution >= 4 is 21.9 Å². The lowest BCUT2D eigenvalue weighted by Gasteiger charge is -2.07.